The van der Waals surface area contributed by atoms with Gasteiger partial charge in [-0.25, -0.2) is 24.0 Å². The Morgan fingerprint density at radius 3 is 1.27 bits per heavy atom. The molecule has 0 spiro atoms. The molecule has 0 aliphatic carbocycles. The molecule has 3 atom stereocenters. The van der Waals surface area contributed by atoms with Gasteiger partial charge < -0.3 is 35.3 Å². The minimum atomic E-state index is -1.21. The molecule has 106 heavy (non-hydrogen) atoms. The van der Waals surface area contributed by atoms with Gasteiger partial charge in [-0.15, -0.1) is 0 Å². The molecule has 2 fully saturated rings. The molecule has 2 heterocycles. The van der Waals surface area contributed by atoms with Crippen molar-refractivity contribution >= 4 is 160 Å². The number of non-ortho nitro benzene ring substituents is 3. The third kappa shape index (κ3) is 23.6. The molecule has 2 aliphatic heterocycles. The van der Waals surface area contributed by atoms with E-state index in [1.54, 1.807) is 12.1 Å². The van der Waals surface area contributed by atoms with Gasteiger partial charge in [0, 0.05) is 70.1 Å². The molecule has 0 bridgehead atoms. The van der Waals surface area contributed by atoms with Crippen molar-refractivity contribution in [2.45, 2.75) is 50.4 Å². The lowest BCUT2D eigenvalue weighted by atomic mass is 10.0. The Hall–Kier alpha value is -10.8. The quantitative estimate of drug-likeness (QED) is 0.00988. The van der Waals surface area contributed by atoms with Gasteiger partial charge in [-0.3, -0.25) is 35.1 Å². The molecule has 0 aromatic heterocycles. The number of urea groups is 1. The Balaban J connectivity index is 0.000000201. The molecule has 4 N–H and O–H groups in total. The summed E-state index contributed by atoms with van der Waals surface area (Å²) < 4.78 is 14.4. The highest BCUT2D eigenvalue weighted by atomic mass is 35.5. The van der Waals surface area contributed by atoms with Crippen molar-refractivity contribution in [3.05, 3.63) is 317 Å². The van der Waals surface area contributed by atoms with Gasteiger partial charge in [-0.2, -0.15) is 11.8 Å². The fourth-order valence-electron chi connectivity index (χ4n) is 10.7. The van der Waals surface area contributed by atoms with Crippen molar-refractivity contribution in [3.8, 4) is 0 Å². The zero-order chi connectivity index (χ0) is 75.4. The third-order valence-corrected chi connectivity index (χ3v) is 24.0. The first kappa shape index (κ1) is 82.5. The summed E-state index contributed by atoms with van der Waals surface area (Å²) in [6.07, 6.45) is 3.08. The molecule has 12 rings (SSSR count). The number of unbranched alkanes of at least 4 members (excludes halogenated alkanes) is 1. The van der Waals surface area contributed by atoms with Gasteiger partial charge in [-0.05, 0) is 96.9 Å². The number of benzene rings is 10. The SMILES string of the molecule is C.COC(=O)c1ccc(NC(=O)CCCC[C@H]2SCC3NC(=O)NC32)cc1P(c1ccccc1)c1ccccc1.COC(=O)c1ccc([N+](=O)[O-])cc1Cl.COC(=O)c1ccc([N+](=O)[O-])cc1P(c1ccccc1)c1ccccc1.O=C(O)c1ccc([N+](=O)[O-])cc1Cl.c1ccc(Pc2ccccc2)cc1. The zero-order valence-corrected chi connectivity index (χ0v) is 61.6. The van der Waals surface area contributed by atoms with Crippen molar-refractivity contribution in [2.75, 3.05) is 32.4 Å². The highest BCUT2D eigenvalue weighted by Crippen LogP contribution is 2.38. The number of fused-ring (bicyclic) bond motifs is 1. The van der Waals surface area contributed by atoms with Crippen molar-refractivity contribution in [1.82, 2.24) is 10.6 Å². The molecule has 2 unspecified atom stereocenters. The maximum Gasteiger partial charge on any atom is 0.339 e. The number of carbonyl (C=O) groups excluding carboxylic acids is 5. The number of anilines is 1. The molecule has 0 radical (unpaired) electrons. The van der Waals surface area contributed by atoms with Crippen molar-refractivity contribution < 1.29 is 62.9 Å². The van der Waals surface area contributed by atoms with Crippen LogP contribution in [0.25, 0.3) is 0 Å². The molecule has 2 aliphatic rings. The smallest absolute Gasteiger partial charge is 0.339 e. The average molecular weight is 1550 g/mol. The first-order chi connectivity index (χ1) is 50.7. The van der Waals surface area contributed by atoms with Gasteiger partial charge in [0.05, 0.1) is 80.5 Å². The van der Waals surface area contributed by atoms with Crippen molar-refractivity contribution in [1.29, 1.82) is 0 Å². The van der Waals surface area contributed by atoms with Crippen molar-refractivity contribution in [2.24, 2.45) is 0 Å². The number of aromatic carboxylic acids is 1. The second kappa shape index (κ2) is 41.7. The van der Waals surface area contributed by atoms with Crippen LogP contribution in [0.15, 0.2) is 255 Å². The van der Waals surface area contributed by atoms with Crippen LogP contribution in [0.5, 0.6) is 0 Å². The summed E-state index contributed by atoms with van der Waals surface area (Å²) in [5, 5.41) is 58.1. The average Bonchev–Trinajstić information content (AvgIpc) is 1.36. The molecule has 3 amide bonds. The van der Waals surface area contributed by atoms with Crippen molar-refractivity contribution in [3.63, 3.8) is 0 Å². The van der Waals surface area contributed by atoms with Crippen LogP contribution in [0.3, 0.4) is 0 Å². The Bertz CT molecular complexity index is 4550. The Morgan fingerprint density at radius 1 is 0.509 bits per heavy atom. The lowest BCUT2D eigenvalue weighted by Crippen LogP contribution is -2.36. The highest BCUT2D eigenvalue weighted by Gasteiger charge is 2.42. The van der Waals surface area contributed by atoms with E-state index in [0.29, 0.717) is 33.8 Å². The van der Waals surface area contributed by atoms with E-state index in [9.17, 15) is 59.1 Å². The molecule has 10 aromatic carbocycles. The highest BCUT2D eigenvalue weighted by molar-refractivity contribution is 8.00. The number of nitrogens with one attached hydrogen (secondary N) is 3. The monoisotopic (exact) mass is 1540 g/mol. The number of methoxy groups -OCH3 is 3. The Kier molecular flexibility index (Phi) is 32.4. The standard InChI is InChI=1S/C30H32N3O4PS.C20H16NO4P.C12H11P.C8H6ClNO4.C7H4ClNO4.CH4/c1-37-29(35)23-17-16-20(18-25(23)38(21-10-4-2-5-11-21)22-12-6-3-7-13-22)31-27(34)15-9-8-14-26-28-24(19-39-26)32-30(36)33-28;1-25-20(22)18-13-12-15(21(23)24)14-19(18)26(16-8-4-2-5-9-16)17-10-6-3-7-11-17;1-3-7-11(8-4-1)13-12-9-5-2-6-10-12;1-14-8(11)6-3-2-5(10(12)13)4-7(6)9;8-6-3-4(9(12)13)1-2-5(6)7(10)11;/h2-7,10-13,16-18,24,26,28H,8-9,14-15,19H2,1H3,(H,31,34)(H2,32,33,36);2-14H,1H3;1-10,13H;2-4H,1H3;1-3H,(H,10,11);1H4/t24?,26-,28?;;;;;/m1...../s1. The molecule has 2 saturated heterocycles. The number of hydrogen-bond donors (Lipinski definition) is 4. The van der Waals surface area contributed by atoms with Gasteiger partial charge >= 0.3 is 29.9 Å². The number of ether oxygens (including phenoxy) is 3. The fourth-order valence-corrected chi connectivity index (χ4v) is 18.8. The molecule has 28 heteroatoms. The van der Waals surface area contributed by atoms with Gasteiger partial charge in [0.1, 0.15) is 0 Å². The van der Waals surface area contributed by atoms with Crippen LogP contribution in [0.4, 0.5) is 27.5 Å². The minimum Gasteiger partial charge on any atom is -0.478 e. The molecule has 10 aromatic rings. The van der Waals surface area contributed by atoms with Gasteiger partial charge in [0.15, 0.2) is 0 Å². The van der Waals surface area contributed by atoms with E-state index >= 15 is 0 Å². The van der Waals surface area contributed by atoms with Crippen LogP contribution in [0.2, 0.25) is 10.0 Å². The summed E-state index contributed by atoms with van der Waals surface area (Å²) in [5.41, 5.74) is 1.03. The maximum atomic E-state index is 12.9. The zero-order valence-electron chi connectivity index (χ0n) is 56.5. The van der Waals surface area contributed by atoms with Crippen LogP contribution >= 0.6 is 59.4 Å². The third-order valence-electron chi connectivity index (χ3n) is 15.7. The second-order valence-corrected chi connectivity index (χ2v) is 30.5. The number of carboxylic acids is 1. The number of rotatable bonds is 21. The van der Waals surface area contributed by atoms with Crippen LogP contribution in [0, 0.1) is 30.3 Å². The van der Waals surface area contributed by atoms with E-state index in [0.717, 1.165) is 84.4 Å². The number of halogens is 2. The summed E-state index contributed by atoms with van der Waals surface area (Å²) in [6, 6.07) is 77.6. The van der Waals surface area contributed by atoms with E-state index in [-0.39, 0.29) is 69.7 Å². The summed E-state index contributed by atoms with van der Waals surface area (Å²) in [6.45, 7) is 0. The number of nitro benzene ring substituents is 3. The van der Waals surface area contributed by atoms with E-state index in [1.165, 1.54) is 62.3 Å². The maximum absolute atomic E-state index is 12.9. The van der Waals surface area contributed by atoms with Gasteiger partial charge in [0.2, 0.25) is 5.91 Å². The molecule has 0 saturated carbocycles. The number of thioether (sulfide) groups is 1. The predicted molar refractivity (Wildman–Crippen MR) is 424 cm³/mol. The number of hydrogen-bond acceptors (Lipinski definition) is 16. The lowest BCUT2D eigenvalue weighted by Gasteiger charge is -2.22. The van der Waals surface area contributed by atoms with Gasteiger partial charge in [0.25, 0.3) is 17.1 Å². The molecule has 22 nitrogen and oxygen atoms in total. The van der Waals surface area contributed by atoms with Crippen LogP contribution in [0.1, 0.15) is 74.5 Å². The first-order valence-corrected chi connectivity index (χ1v) is 37.6. The summed E-state index contributed by atoms with van der Waals surface area (Å²) in [5.74, 6) is -1.85. The number of amides is 3. The second-order valence-electron chi connectivity index (χ2n) is 22.6. The van der Waals surface area contributed by atoms with Crippen LogP contribution in [-0.4, -0.2) is 100 Å². The topological polar surface area (TPSA) is 316 Å². The van der Waals surface area contributed by atoms with Crippen LogP contribution < -0.4 is 58.4 Å². The van der Waals surface area contributed by atoms with E-state index < -0.39 is 54.5 Å². The number of carboxylic acid groups (broad SMARTS) is 1. The molecular weight excluding hydrogens is 1470 g/mol. The summed E-state index contributed by atoms with van der Waals surface area (Å²) >= 11 is 13.0. The number of esters is 3. The van der Waals surface area contributed by atoms with Gasteiger partial charge in [-0.1, -0.05) is 228 Å². The minimum absolute atomic E-state index is 0. The molecular formula is C78H73Cl2N6O16P3S. The fraction of sp³-hybridized carbons (Fsp3) is 0.154. The van der Waals surface area contributed by atoms with E-state index in [1.807, 2.05) is 115 Å². The number of nitro groups is 3. The predicted octanol–water partition coefficient (Wildman–Crippen LogP) is 14.0. The number of nitrogens with zero attached hydrogens (tertiary/aromatic N) is 3. The summed E-state index contributed by atoms with van der Waals surface area (Å²) in [4.78, 5) is 101. The summed E-state index contributed by atoms with van der Waals surface area (Å²) in [7, 11) is 2.46. The van der Waals surface area contributed by atoms with E-state index in [4.69, 9.17) is 37.8 Å². The Labute approximate surface area is 630 Å². The first-order valence-electron chi connectivity index (χ1n) is 32.1. The van der Waals surface area contributed by atoms with E-state index in [2.05, 4.69) is 106 Å². The largest absolute Gasteiger partial charge is 0.478 e. The normalized spacial score (nSPS) is 13.5. The lowest BCUT2D eigenvalue weighted by molar-refractivity contribution is -0.385. The molecule has 546 valence electrons. The van der Waals surface area contributed by atoms with Crippen LogP contribution in [-0.2, 0) is 19.0 Å². The number of carbonyl (C=O) groups is 6. The Morgan fingerprint density at radius 2 is 0.877 bits per heavy atom.